The van der Waals surface area contributed by atoms with Crippen molar-refractivity contribution in [2.75, 3.05) is 13.2 Å². The summed E-state index contributed by atoms with van der Waals surface area (Å²) in [6.07, 6.45) is 32.0. The number of esters is 3. The van der Waals surface area contributed by atoms with Crippen molar-refractivity contribution in [2.24, 2.45) is 0 Å². The summed E-state index contributed by atoms with van der Waals surface area (Å²) in [5.74, 6) is -3.10. The molecule has 6 unspecified atom stereocenters. The Hall–Kier alpha value is -2.54. The van der Waals surface area contributed by atoms with E-state index in [1.165, 1.54) is 116 Å². The largest absolute Gasteiger partial charge is 0.479 e. The lowest BCUT2D eigenvalue weighted by atomic mass is 9.98. The van der Waals surface area contributed by atoms with E-state index < -0.39 is 67.3 Å². The lowest BCUT2D eigenvalue weighted by molar-refractivity contribution is -0.301. The fourth-order valence-corrected chi connectivity index (χ4v) is 8.17. The average molecular weight is 925 g/mol. The molecule has 12 nitrogen and oxygen atoms in total. The zero-order chi connectivity index (χ0) is 47.6. The second kappa shape index (κ2) is 42.8. The monoisotopic (exact) mass is 925 g/mol. The van der Waals surface area contributed by atoms with Crippen LogP contribution in [-0.2, 0) is 42.9 Å². The second-order valence-corrected chi connectivity index (χ2v) is 18.5. The Morgan fingerprint density at radius 1 is 0.492 bits per heavy atom. The first-order valence-electron chi connectivity index (χ1n) is 26.7. The molecule has 12 heteroatoms. The topological polar surface area (TPSA) is 175 Å². The van der Waals surface area contributed by atoms with Crippen molar-refractivity contribution in [3.05, 3.63) is 12.2 Å². The number of aliphatic hydroxyl groups excluding tert-OH is 2. The maximum absolute atomic E-state index is 13.0. The van der Waals surface area contributed by atoms with Gasteiger partial charge in [-0.3, -0.25) is 14.4 Å². The maximum Gasteiger partial charge on any atom is 0.335 e. The zero-order valence-electron chi connectivity index (χ0n) is 41.5. The number of aliphatic hydroxyl groups is 2. The van der Waals surface area contributed by atoms with Gasteiger partial charge in [0, 0.05) is 19.3 Å². The van der Waals surface area contributed by atoms with Crippen molar-refractivity contribution >= 4 is 23.9 Å². The maximum atomic E-state index is 13.0. The summed E-state index contributed by atoms with van der Waals surface area (Å²) in [5.41, 5.74) is 0. The molecule has 1 heterocycles. The number of ether oxygens (including phenoxy) is 5. The summed E-state index contributed by atoms with van der Waals surface area (Å²) < 4.78 is 28.3. The van der Waals surface area contributed by atoms with E-state index in [2.05, 4.69) is 32.9 Å². The van der Waals surface area contributed by atoms with E-state index >= 15 is 0 Å². The van der Waals surface area contributed by atoms with Gasteiger partial charge in [0.05, 0.1) is 6.61 Å². The van der Waals surface area contributed by atoms with Crippen LogP contribution < -0.4 is 0 Å². The SMILES string of the molecule is CCCC/C=C\CCCCCCCC(=O)OC1C(OCC(COC(=O)CCCCCCCCCCCCCCC)OC(=O)CCCCCCCCCCCCC)OC(C(=O)O)C(O)C1O. The van der Waals surface area contributed by atoms with Crippen molar-refractivity contribution in [3.8, 4) is 0 Å². The molecule has 1 aliphatic rings. The van der Waals surface area contributed by atoms with Crippen molar-refractivity contribution in [2.45, 2.75) is 289 Å². The number of rotatable bonds is 45. The molecule has 0 aromatic rings. The van der Waals surface area contributed by atoms with Crippen LogP contribution in [0.5, 0.6) is 0 Å². The molecular weight excluding hydrogens is 829 g/mol. The Labute approximate surface area is 395 Å². The summed E-state index contributed by atoms with van der Waals surface area (Å²) >= 11 is 0. The highest BCUT2D eigenvalue weighted by Gasteiger charge is 2.50. The minimum atomic E-state index is -1.90. The number of hydrogen-bond acceptors (Lipinski definition) is 11. The number of allylic oxidation sites excluding steroid dienone is 2. The smallest absolute Gasteiger partial charge is 0.335 e. The van der Waals surface area contributed by atoms with Crippen LogP contribution >= 0.6 is 0 Å². The Morgan fingerprint density at radius 3 is 1.35 bits per heavy atom. The standard InChI is InChI=1S/C53H96O12/c1-4-7-10-13-16-19-22-23-26-27-30-33-36-39-45(54)61-42-44(63-46(55)40-37-34-31-28-24-20-17-14-11-8-5-2)43-62-53-51(49(58)48(57)50(65-53)52(59)60)64-47(56)41-38-35-32-29-25-21-18-15-12-9-6-3/h15,18,44,48-51,53,57-58H,4-14,16-17,19-43H2,1-3H3,(H,59,60)/b18-15-. The van der Waals surface area contributed by atoms with Crippen LogP contribution in [0.4, 0.5) is 0 Å². The van der Waals surface area contributed by atoms with Gasteiger partial charge in [0.2, 0.25) is 0 Å². The number of hydrogen-bond donors (Lipinski definition) is 3. The molecule has 0 aliphatic carbocycles. The minimum Gasteiger partial charge on any atom is -0.479 e. The highest BCUT2D eigenvalue weighted by atomic mass is 16.7. The molecule has 0 saturated carbocycles. The number of carbonyl (C=O) groups excluding carboxylic acids is 3. The van der Waals surface area contributed by atoms with Crippen LogP contribution in [0, 0.1) is 0 Å². The van der Waals surface area contributed by atoms with Gasteiger partial charge in [0.15, 0.2) is 24.6 Å². The number of aliphatic carboxylic acids is 1. The summed E-state index contributed by atoms with van der Waals surface area (Å²) in [4.78, 5) is 50.8. The minimum absolute atomic E-state index is 0.0554. The third-order valence-electron chi connectivity index (χ3n) is 12.3. The summed E-state index contributed by atoms with van der Waals surface area (Å²) in [6.45, 7) is 5.93. The van der Waals surface area contributed by atoms with Gasteiger partial charge in [-0.1, -0.05) is 206 Å². The lowest BCUT2D eigenvalue weighted by Gasteiger charge is -2.40. The number of carboxylic acids is 1. The van der Waals surface area contributed by atoms with E-state index in [0.29, 0.717) is 19.3 Å². The van der Waals surface area contributed by atoms with Gasteiger partial charge < -0.3 is 39.0 Å². The molecule has 3 N–H and O–H groups in total. The molecule has 65 heavy (non-hydrogen) atoms. The van der Waals surface area contributed by atoms with Gasteiger partial charge in [0.25, 0.3) is 0 Å². The second-order valence-electron chi connectivity index (χ2n) is 18.5. The molecule has 1 saturated heterocycles. The van der Waals surface area contributed by atoms with E-state index in [4.69, 9.17) is 23.7 Å². The van der Waals surface area contributed by atoms with Crippen LogP contribution in [0.25, 0.3) is 0 Å². The normalized spacial score (nSPS) is 19.1. The van der Waals surface area contributed by atoms with Crippen LogP contribution in [0.15, 0.2) is 12.2 Å². The van der Waals surface area contributed by atoms with E-state index in [1.807, 2.05) is 0 Å². The molecule has 0 aromatic carbocycles. The molecule has 1 fully saturated rings. The third kappa shape index (κ3) is 33.6. The fourth-order valence-electron chi connectivity index (χ4n) is 8.17. The molecule has 0 bridgehead atoms. The Morgan fingerprint density at radius 2 is 0.892 bits per heavy atom. The molecule has 0 amide bonds. The van der Waals surface area contributed by atoms with Gasteiger partial charge in [-0.05, 0) is 38.5 Å². The van der Waals surface area contributed by atoms with E-state index in [-0.39, 0.29) is 25.9 Å². The Balaban J connectivity index is 2.72. The summed E-state index contributed by atoms with van der Waals surface area (Å²) in [6, 6.07) is 0. The highest BCUT2D eigenvalue weighted by molar-refractivity contribution is 5.74. The van der Waals surface area contributed by atoms with E-state index in [0.717, 1.165) is 77.0 Å². The predicted molar refractivity (Wildman–Crippen MR) is 257 cm³/mol. The van der Waals surface area contributed by atoms with Crippen LogP contribution in [0.1, 0.15) is 252 Å². The van der Waals surface area contributed by atoms with E-state index in [1.54, 1.807) is 0 Å². The van der Waals surface area contributed by atoms with Gasteiger partial charge in [0.1, 0.15) is 18.8 Å². The van der Waals surface area contributed by atoms with Gasteiger partial charge >= 0.3 is 23.9 Å². The van der Waals surface area contributed by atoms with E-state index in [9.17, 15) is 34.5 Å². The zero-order valence-corrected chi connectivity index (χ0v) is 41.5. The molecule has 380 valence electrons. The van der Waals surface area contributed by atoms with Crippen molar-refractivity contribution in [3.63, 3.8) is 0 Å². The van der Waals surface area contributed by atoms with Crippen LogP contribution in [0.2, 0.25) is 0 Å². The molecule has 1 aliphatic heterocycles. The molecule has 1 rings (SSSR count). The van der Waals surface area contributed by atoms with Gasteiger partial charge in [-0.15, -0.1) is 0 Å². The molecule has 0 spiro atoms. The first kappa shape index (κ1) is 60.5. The van der Waals surface area contributed by atoms with Gasteiger partial charge in [-0.2, -0.15) is 0 Å². The first-order chi connectivity index (χ1) is 31.6. The number of carbonyl (C=O) groups is 4. The summed E-state index contributed by atoms with van der Waals surface area (Å²) in [5, 5.41) is 31.3. The number of carboxylic acid groups (broad SMARTS) is 1. The quantitative estimate of drug-likeness (QED) is 0.0228. The molecular formula is C53H96O12. The summed E-state index contributed by atoms with van der Waals surface area (Å²) in [7, 11) is 0. The average Bonchev–Trinajstić information content (AvgIpc) is 3.29. The van der Waals surface area contributed by atoms with Crippen molar-refractivity contribution in [1.82, 2.24) is 0 Å². The van der Waals surface area contributed by atoms with Crippen molar-refractivity contribution < 1.29 is 58.2 Å². The molecule has 0 radical (unpaired) electrons. The first-order valence-corrected chi connectivity index (χ1v) is 26.7. The van der Waals surface area contributed by atoms with Gasteiger partial charge in [-0.25, -0.2) is 4.79 Å². The predicted octanol–water partition coefficient (Wildman–Crippen LogP) is 12.6. The fraction of sp³-hybridized carbons (Fsp3) is 0.887. The Bertz CT molecular complexity index is 1190. The molecule has 0 aromatic heterocycles. The number of unbranched alkanes of at least 4 members (excludes halogenated alkanes) is 29. The Kier molecular flexibility index (Phi) is 39.8. The third-order valence-corrected chi connectivity index (χ3v) is 12.3. The lowest BCUT2D eigenvalue weighted by Crippen LogP contribution is -2.61. The van der Waals surface area contributed by atoms with Crippen LogP contribution in [0.3, 0.4) is 0 Å². The highest BCUT2D eigenvalue weighted by Crippen LogP contribution is 2.26. The molecule has 6 atom stereocenters. The van der Waals surface area contributed by atoms with Crippen LogP contribution in [-0.4, -0.2) is 89.2 Å². The van der Waals surface area contributed by atoms with Crippen molar-refractivity contribution in [1.29, 1.82) is 0 Å².